The smallest absolute Gasteiger partial charge is 0.254 e. The summed E-state index contributed by atoms with van der Waals surface area (Å²) < 4.78 is 0. The first-order valence-electron chi connectivity index (χ1n) is 8.76. The van der Waals surface area contributed by atoms with Crippen LogP contribution in [0, 0.1) is 0 Å². The number of piperidine rings is 1. The fourth-order valence-corrected chi connectivity index (χ4v) is 3.99. The summed E-state index contributed by atoms with van der Waals surface area (Å²) in [6, 6.07) is 1.49. The molecule has 2 aromatic heterocycles. The molecule has 126 valence electrons. The SMILES string of the molecule is O=C(c1cc(=O)[nH]c2c1CCCC2)N1CCCC(c2ncc[nH]2)C1. The van der Waals surface area contributed by atoms with Gasteiger partial charge in [0.15, 0.2) is 0 Å². The minimum absolute atomic E-state index is 0.00416. The lowest BCUT2D eigenvalue weighted by Crippen LogP contribution is -2.40. The summed E-state index contributed by atoms with van der Waals surface area (Å²) in [6.07, 6.45) is 9.46. The Balaban J connectivity index is 1.62. The largest absolute Gasteiger partial charge is 0.348 e. The number of hydrogen-bond donors (Lipinski definition) is 2. The number of likely N-dealkylation sites (tertiary alicyclic amines) is 1. The van der Waals surface area contributed by atoms with E-state index >= 15 is 0 Å². The minimum Gasteiger partial charge on any atom is -0.348 e. The topological polar surface area (TPSA) is 81.8 Å². The van der Waals surface area contributed by atoms with Crippen molar-refractivity contribution in [2.24, 2.45) is 0 Å². The Labute approximate surface area is 140 Å². The molecule has 24 heavy (non-hydrogen) atoms. The van der Waals surface area contributed by atoms with Gasteiger partial charge < -0.3 is 14.9 Å². The molecular weight excluding hydrogens is 304 g/mol. The van der Waals surface area contributed by atoms with E-state index in [1.807, 2.05) is 11.1 Å². The third-order valence-electron chi connectivity index (χ3n) is 5.19. The van der Waals surface area contributed by atoms with Crippen molar-refractivity contribution in [3.05, 3.63) is 51.5 Å². The molecule has 2 N–H and O–H groups in total. The van der Waals surface area contributed by atoms with Crippen molar-refractivity contribution >= 4 is 5.91 Å². The maximum absolute atomic E-state index is 13.1. The van der Waals surface area contributed by atoms with Crippen molar-refractivity contribution in [1.29, 1.82) is 0 Å². The van der Waals surface area contributed by atoms with Crippen molar-refractivity contribution in [1.82, 2.24) is 19.9 Å². The van der Waals surface area contributed by atoms with Crippen molar-refractivity contribution < 1.29 is 4.79 Å². The predicted molar refractivity (Wildman–Crippen MR) is 90.2 cm³/mol. The zero-order chi connectivity index (χ0) is 16.5. The Bertz CT molecular complexity index is 794. The molecule has 0 aromatic carbocycles. The highest BCUT2D eigenvalue weighted by atomic mass is 16.2. The average Bonchev–Trinajstić information content (AvgIpc) is 3.15. The number of aromatic amines is 2. The van der Waals surface area contributed by atoms with Gasteiger partial charge in [0.25, 0.3) is 5.91 Å². The third kappa shape index (κ3) is 2.77. The number of aromatic nitrogens is 3. The summed E-state index contributed by atoms with van der Waals surface area (Å²) in [5.41, 5.74) is 2.44. The molecule has 1 atom stereocenters. The Kier molecular flexibility index (Phi) is 3.96. The highest BCUT2D eigenvalue weighted by molar-refractivity contribution is 5.96. The molecule has 0 bridgehead atoms. The third-order valence-corrected chi connectivity index (χ3v) is 5.19. The number of rotatable bonds is 2. The van der Waals surface area contributed by atoms with Crippen molar-refractivity contribution in [2.75, 3.05) is 13.1 Å². The first-order chi connectivity index (χ1) is 11.7. The number of amides is 1. The van der Waals surface area contributed by atoms with E-state index < -0.39 is 0 Å². The molecule has 2 aliphatic rings. The van der Waals surface area contributed by atoms with Crippen LogP contribution in [0.3, 0.4) is 0 Å². The van der Waals surface area contributed by atoms with E-state index in [1.165, 1.54) is 6.07 Å². The van der Waals surface area contributed by atoms with E-state index in [4.69, 9.17) is 0 Å². The second-order valence-corrected chi connectivity index (χ2v) is 6.78. The maximum atomic E-state index is 13.1. The quantitative estimate of drug-likeness (QED) is 0.885. The van der Waals surface area contributed by atoms with E-state index in [1.54, 1.807) is 6.20 Å². The van der Waals surface area contributed by atoms with Gasteiger partial charge in [-0.25, -0.2) is 4.98 Å². The standard InChI is InChI=1S/C18H22N4O2/c23-16-10-14(13-5-1-2-6-15(13)21-16)18(24)22-9-3-4-12(11-22)17-19-7-8-20-17/h7-8,10,12H,1-6,9,11H2,(H,19,20)(H,21,23). The van der Waals surface area contributed by atoms with Crippen LogP contribution in [-0.2, 0) is 12.8 Å². The second kappa shape index (κ2) is 6.26. The maximum Gasteiger partial charge on any atom is 0.254 e. The number of imidazole rings is 1. The fourth-order valence-electron chi connectivity index (χ4n) is 3.99. The van der Waals surface area contributed by atoms with Gasteiger partial charge in [-0.05, 0) is 44.1 Å². The first kappa shape index (κ1) is 15.2. The number of fused-ring (bicyclic) bond motifs is 1. The predicted octanol–water partition coefficient (Wildman–Crippen LogP) is 2.00. The average molecular weight is 326 g/mol. The lowest BCUT2D eigenvalue weighted by molar-refractivity contribution is 0.0703. The number of aryl methyl sites for hydroxylation is 1. The summed E-state index contributed by atoms with van der Waals surface area (Å²) in [5.74, 6) is 1.19. The lowest BCUT2D eigenvalue weighted by atomic mass is 9.91. The molecule has 1 aliphatic heterocycles. The number of pyridine rings is 1. The Morgan fingerprint density at radius 2 is 2.12 bits per heavy atom. The van der Waals surface area contributed by atoms with E-state index in [0.717, 1.165) is 62.2 Å². The van der Waals surface area contributed by atoms with E-state index in [-0.39, 0.29) is 17.4 Å². The minimum atomic E-state index is -0.168. The highest BCUT2D eigenvalue weighted by Crippen LogP contribution is 2.27. The van der Waals surface area contributed by atoms with E-state index in [0.29, 0.717) is 12.1 Å². The molecule has 1 saturated heterocycles. The molecule has 4 rings (SSSR count). The Morgan fingerprint density at radius 1 is 1.25 bits per heavy atom. The van der Waals surface area contributed by atoms with Crippen LogP contribution in [0.1, 0.15) is 59.0 Å². The summed E-state index contributed by atoms with van der Waals surface area (Å²) >= 11 is 0. The van der Waals surface area contributed by atoms with E-state index in [2.05, 4.69) is 15.0 Å². The number of hydrogen-bond acceptors (Lipinski definition) is 3. The highest BCUT2D eigenvalue weighted by Gasteiger charge is 2.29. The van der Waals surface area contributed by atoms with Gasteiger partial charge in [-0.2, -0.15) is 0 Å². The monoisotopic (exact) mass is 326 g/mol. The molecule has 2 aromatic rings. The molecule has 6 heteroatoms. The van der Waals surface area contributed by atoms with Crippen LogP contribution in [-0.4, -0.2) is 38.8 Å². The number of nitrogens with one attached hydrogen (secondary N) is 2. The molecule has 1 unspecified atom stereocenters. The van der Waals surface area contributed by atoms with Gasteiger partial charge in [0, 0.05) is 48.7 Å². The summed E-state index contributed by atoms with van der Waals surface area (Å²) in [7, 11) is 0. The molecule has 3 heterocycles. The van der Waals surface area contributed by atoms with Crippen LogP contribution in [0.2, 0.25) is 0 Å². The molecule has 0 spiro atoms. The molecule has 0 radical (unpaired) electrons. The number of nitrogens with zero attached hydrogens (tertiary/aromatic N) is 2. The van der Waals surface area contributed by atoms with Crippen molar-refractivity contribution in [3.63, 3.8) is 0 Å². The molecule has 6 nitrogen and oxygen atoms in total. The molecule has 1 fully saturated rings. The van der Waals surface area contributed by atoms with Gasteiger partial charge in [0.2, 0.25) is 5.56 Å². The van der Waals surface area contributed by atoms with Crippen LogP contribution in [0.5, 0.6) is 0 Å². The number of carbonyl (C=O) groups is 1. The van der Waals surface area contributed by atoms with Crippen LogP contribution in [0.4, 0.5) is 0 Å². The van der Waals surface area contributed by atoms with E-state index in [9.17, 15) is 9.59 Å². The summed E-state index contributed by atoms with van der Waals surface area (Å²) in [5, 5.41) is 0. The van der Waals surface area contributed by atoms with Crippen molar-refractivity contribution in [2.45, 2.75) is 44.4 Å². The van der Waals surface area contributed by atoms with Crippen molar-refractivity contribution in [3.8, 4) is 0 Å². The van der Waals surface area contributed by atoms with Crippen LogP contribution in [0.15, 0.2) is 23.3 Å². The zero-order valence-electron chi connectivity index (χ0n) is 13.7. The normalized spacial score (nSPS) is 20.7. The molecule has 1 aliphatic carbocycles. The second-order valence-electron chi connectivity index (χ2n) is 6.78. The fraction of sp³-hybridized carbons (Fsp3) is 0.500. The van der Waals surface area contributed by atoms with Gasteiger partial charge in [-0.3, -0.25) is 9.59 Å². The number of carbonyl (C=O) groups excluding carboxylic acids is 1. The summed E-state index contributed by atoms with van der Waals surface area (Å²) in [6.45, 7) is 1.41. The van der Waals surface area contributed by atoms with Crippen LogP contribution in [0.25, 0.3) is 0 Å². The first-order valence-corrected chi connectivity index (χ1v) is 8.76. The lowest BCUT2D eigenvalue weighted by Gasteiger charge is -2.32. The summed E-state index contributed by atoms with van der Waals surface area (Å²) in [4.78, 5) is 37.3. The van der Waals surface area contributed by atoms with Gasteiger partial charge in [0.05, 0.1) is 0 Å². The van der Waals surface area contributed by atoms with Gasteiger partial charge in [0.1, 0.15) is 5.82 Å². The number of H-pyrrole nitrogens is 2. The van der Waals surface area contributed by atoms with Gasteiger partial charge >= 0.3 is 0 Å². The van der Waals surface area contributed by atoms with Gasteiger partial charge in [-0.15, -0.1) is 0 Å². The zero-order valence-corrected chi connectivity index (χ0v) is 13.7. The van der Waals surface area contributed by atoms with Crippen LogP contribution < -0.4 is 5.56 Å². The molecule has 1 amide bonds. The Hall–Kier alpha value is -2.37. The molecular formula is C18H22N4O2. The molecule has 0 saturated carbocycles. The van der Waals surface area contributed by atoms with Crippen LogP contribution >= 0.6 is 0 Å². The Morgan fingerprint density at radius 3 is 2.96 bits per heavy atom. The van der Waals surface area contributed by atoms with Gasteiger partial charge in [-0.1, -0.05) is 0 Å².